The van der Waals surface area contributed by atoms with Gasteiger partial charge >= 0.3 is 0 Å². The van der Waals surface area contributed by atoms with Crippen molar-refractivity contribution in [2.75, 3.05) is 6.61 Å². The van der Waals surface area contributed by atoms with Crippen LogP contribution in [0.1, 0.15) is 29.8 Å². The molecule has 6 heteroatoms. The predicted octanol–water partition coefficient (Wildman–Crippen LogP) is 1.12. The maximum atomic E-state index is 12.2. The second-order valence-corrected chi connectivity index (χ2v) is 5.14. The molecule has 1 heterocycles. The predicted molar refractivity (Wildman–Crippen MR) is 75.1 cm³/mol. The highest BCUT2D eigenvalue weighted by Crippen LogP contribution is 2.25. The molecule has 0 saturated carbocycles. The number of benzene rings is 1. The third kappa shape index (κ3) is 2.84. The van der Waals surface area contributed by atoms with Gasteiger partial charge in [0, 0.05) is 12.0 Å². The lowest BCUT2D eigenvalue weighted by Gasteiger charge is -2.21. The van der Waals surface area contributed by atoms with E-state index in [9.17, 15) is 4.79 Å². The Labute approximate surface area is 117 Å². The van der Waals surface area contributed by atoms with Gasteiger partial charge in [-0.1, -0.05) is 19.0 Å². The number of amidine groups is 1. The molecule has 1 aromatic carbocycles. The Morgan fingerprint density at radius 1 is 1.50 bits per heavy atom. The van der Waals surface area contributed by atoms with Crippen molar-refractivity contribution in [3.63, 3.8) is 0 Å². The zero-order valence-electron chi connectivity index (χ0n) is 11.6. The first-order chi connectivity index (χ1) is 9.52. The van der Waals surface area contributed by atoms with Gasteiger partial charge < -0.3 is 21.0 Å². The van der Waals surface area contributed by atoms with Gasteiger partial charge in [-0.2, -0.15) is 0 Å². The first kappa shape index (κ1) is 14.2. The maximum Gasteiger partial charge on any atom is 0.251 e. The molecule has 0 fully saturated rings. The number of nitrogens with one attached hydrogen (secondary N) is 1. The van der Waals surface area contributed by atoms with E-state index in [-0.39, 0.29) is 17.7 Å². The van der Waals surface area contributed by atoms with Crippen LogP contribution in [0.25, 0.3) is 0 Å². The average molecular weight is 277 g/mol. The summed E-state index contributed by atoms with van der Waals surface area (Å²) in [4.78, 5) is 12.2. The van der Waals surface area contributed by atoms with E-state index in [1.807, 2.05) is 19.9 Å². The number of carbonyl (C=O) groups is 1. The molecule has 0 aliphatic carbocycles. The summed E-state index contributed by atoms with van der Waals surface area (Å²) in [5, 5.41) is 14.5. The Bertz CT molecular complexity index is 540. The quantitative estimate of drug-likeness (QED) is 0.332. The minimum Gasteiger partial charge on any atom is -0.493 e. The van der Waals surface area contributed by atoms with Crippen molar-refractivity contribution >= 4 is 11.7 Å². The van der Waals surface area contributed by atoms with Crippen LogP contribution < -0.4 is 15.8 Å². The van der Waals surface area contributed by atoms with Gasteiger partial charge in [-0.3, -0.25) is 4.79 Å². The van der Waals surface area contributed by atoms with Crippen molar-refractivity contribution in [1.29, 1.82) is 0 Å². The highest BCUT2D eigenvalue weighted by Gasteiger charge is 2.22. The van der Waals surface area contributed by atoms with Gasteiger partial charge in [0.25, 0.3) is 5.91 Å². The Balaban J connectivity index is 2.15. The van der Waals surface area contributed by atoms with Crippen LogP contribution in [0.2, 0.25) is 0 Å². The van der Waals surface area contributed by atoms with Crippen molar-refractivity contribution < 1.29 is 14.7 Å². The molecule has 0 radical (unpaired) electrons. The average Bonchev–Trinajstić information content (AvgIpc) is 2.90. The summed E-state index contributed by atoms with van der Waals surface area (Å²) < 4.78 is 5.40. The molecule has 1 atom stereocenters. The fourth-order valence-corrected chi connectivity index (χ4v) is 2.20. The number of nitrogens with zero attached hydrogens (tertiary/aromatic N) is 1. The second kappa shape index (κ2) is 5.81. The summed E-state index contributed by atoms with van der Waals surface area (Å²) in [6.07, 6.45) is 0.810. The number of ether oxygens (including phenoxy) is 1. The van der Waals surface area contributed by atoms with E-state index >= 15 is 0 Å². The number of hydrogen-bond acceptors (Lipinski definition) is 4. The van der Waals surface area contributed by atoms with Crippen LogP contribution in [-0.4, -0.2) is 29.6 Å². The Hall–Kier alpha value is -2.24. The number of nitrogens with two attached hydrogens (primary N) is 1. The largest absolute Gasteiger partial charge is 0.493 e. The third-order valence-corrected chi connectivity index (χ3v) is 3.34. The molecule has 1 aliphatic heterocycles. The van der Waals surface area contributed by atoms with Crippen molar-refractivity contribution in [2.24, 2.45) is 16.8 Å². The van der Waals surface area contributed by atoms with Crippen LogP contribution >= 0.6 is 0 Å². The van der Waals surface area contributed by atoms with Gasteiger partial charge in [0.2, 0.25) is 0 Å². The molecule has 6 nitrogen and oxygen atoms in total. The molecule has 0 spiro atoms. The minimum atomic E-state index is -0.503. The molecule has 4 N–H and O–H groups in total. The lowest BCUT2D eigenvalue weighted by atomic mass is 10.0. The zero-order chi connectivity index (χ0) is 14.7. The van der Waals surface area contributed by atoms with E-state index in [2.05, 4.69) is 10.5 Å². The number of amides is 1. The van der Waals surface area contributed by atoms with E-state index in [0.29, 0.717) is 12.2 Å². The molecule has 1 amide bonds. The number of fused-ring (bicyclic) bond motifs is 1. The van der Waals surface area contributed by atoms with Gasteiger partial charge in [-0.15, -0.1) is 0 Å². The SMILES string of the molecule is CC(C)C(NC(=O)c1ccc2c(c1)CCO2)C(N)=NO. The Morgan fingerprint density at radius 2 is 2.25 bits per heavy atom. The van der Waals surface area contributed by atoms with Crippen molar-refractivity contribution in [1.82, 2.24) is 5.32 Å². The third-order valence-electron chi connectivity index (χ3n) is 3.34. The van der Waals surface area contributed by atoms with Crippen molar-refractivity contribution in [3.05, 3.63) is 29.3 Å². The summed E-state index contributed by atoms with van der Waals surface area (Å²) in [6.45, 7) is 4.43. The van der Waals surface area contributed by atoms with E-state index < -0.39 is 6.04 Å². The lowest BCUT2D eigenvalue weighted by Crippen LogP contribution is -2.47. The molecule has 1 aliphatic rings. The Kier molecular flexibility index (Phi) is 4.12. The Morgan fingerprint density at radius 3 is 2.90 bits per heavy atom. The lowest BCUT2D eigenvalue weighted by molar-refractivity contribution is 0.0938. The van der Waals surface area contributed by atoms with Gasteiger partial charge in [-0.05, 0) is 29.7 Å². The van der Waals surface area contributed by atoms with E-state index in [1.165, 1.54) is 0 Å². The van der Waals surface area contributed by atoms with Crippen LogP contribution in [0.15, 0.2) is 23.4 Å². The van der Waals surface area contributed by atoms with Crippen LogP contribution in [0.4, 0.5) is 0 Å². The highest BCUT2D eigenvalue weighted by atomic mass is 16.5. The fraction of sp³-hybridized carbons (Fsp3) is 0.429. The van der Waals surface area contributed by atoms with Crippen molar-refractivity contribution in [2.45, 2.75) is 26.3 Å². The smallest absolute Gasteiger partial charge is 0.251 e. The number of oxime groups is 1. The van der Waals surface area contributed by atoms with Crippen LogP contribution in [-0.2, 0) is 6.42 Å². The molecule has 0 saturated heterocycles. The zero-order valence-corrected chi connectivity index (χ0v) is 11.6. The second-order valence-electron chi connectivity index (χ2n) is 5.14. The van der Waals surface area contributed by atoms with Crippen LogP contribution in [0.3, 0.4) is 0 Å². The molecule has 0 bridgehead atoms. The molecule has 1 unspecified atom stereocenters. The standard InChI is InChI=1S/C14H19N3O3/c1-8(2)12(13(15)17-19)16-14(18)10-3-4-11-9(7-10)5-6-20-11/h3-4,7-8,12,19H,5-6H2,1-2H3,(H2,15,17)(H,16,18). The van der Waals surface area contributed by atoms with Crippen LogP contribution in [0.5, 0.6) is 5.75 Å². The summed E-state index contributed by atoms with van der Waals surface area (Å²) in [7, 11) is 0. The monoisotopic (exact) mass is 277 g/mol. The molecule has 1 aromatic rings. The minimum absolute atomic E-state index is 0.00200. The van der Waals surface area contributed by atoms with Crippen LogP contribution in [0, 0.1) is 5.92 Å². The van der Waals surface area contributed by atoms with Gasteiger partial charge in [0.1, 0.15) is 5.75 Å². The van der Waals surface area contributed by atoms with E-state index in [1.54, 1.807) is 12.1 Å². The van der Waals surface area contributed by atoms with Gasteiger partial charge in [0.05, 0.1) is 12.6 Å². The molecular weight excluding hydrogens is 258 g/mol. The molecule has 20 heavy (non-hydrogen) atoms. The first-order valence-corrected chi connectivity index (χ1v) is 6.57. The van der Waals surface area contributed by atoms with Gasteiger partial charge in [0.15, 0.2) is 5.84 Å². The number of carbonyl (C=O) groups excluding carboxylic acids is 1. The topological polar surface area (TPSA) is 96.9 Å². The molecule has 0 aromatic heterocycles. The summed E-state index contributed by atoms with van der Waals surface area (Å²) in [6, 6.07) is 4.83. The number of hydrogen-bond donors (Lipinski definition) is 3. The van der Waals surface area contributed by atoms with E-state index in [4.69, 9.17) is 15.7 Å². The molecule has 2 rings (SSSR count). The summed E-state index contributed by atoms with van der Waals surface area (Å²) in [5.74, 6) is 0.605. The maximum absolute atomic E-state index is 12.2. The van der Waals surface area contributed by atoms with Crippen molar-refractivity contribution in [3.8, 4) is 5.75 Å². The van der Waals surface area contributed by atoms with Gasteiger partial charge in [-0.25, -0.2) is 0 Å². The molecule has 108 valence electrons. The summed E-state index contributed by atoms with van der Waals surface area (Å²) in [5.41, 5.74) is 7.18. The fourth-order valence-electron chi connectivity index (χ4n) is 2.20. The van der Waals surface area contributed by atoms with E-state index in [0.717, 1.165) is 17.7 Å². The highest BCUT2D eigenvalue weighted by molar-refractivity contribution is 5.98. The number of rotatable bonds is 4. The summed E-state index contributed by atoms with van der Waals surface area (Å²) >= 11 is 0. The normalized spacial score (nSPS) is 15.7. The first-order valence-electron chi connectivity index (χ1n) is 6.57. The molecular formula is C14H19N3O3.